The maximum Gasteiger partial charge on any atom is 0.0727 e. The molecule has 1 aliphatic carbocycles. The summed E-state index contributed by atoms with van der Waals surface area (Å²) in [6.45, 7) is 0. The van der Waals surface area contributed by atoms with Crippen LogP contribution < -0.4 is 0 Å². The fourth-order valence-corrected chi connectivity index (χ4v) is 10.2. The minimum absolute atomic E-state index is 1.18. The van der Waals surface area contributed by atoms with Crippen molar-refractivity contribution in [2.24, 2.45) is 0 Å². The first-order chi connectivity index (χ1) is 24.4. The molecule has 2 nitrogen and oxygen atoms in total. The number of hydrogen-bond acceptors (Lipinski definition) is 1. The second-order valence-electron chi connectivity index (χ2n) is 13.2. The van der Waals surface area contributed by atoms with Gasteiger partial charge in [-0.1, -0.05) is 121 Å². The third-order valence-electron chi connectivity index (χ3n) is 10.8. The highest BCUT2D eigenvalue weighted by atomic mass is 32.1. The number of fused-ring (bicyclic) bond motifs is 15. The minimum Gasteiger partial charge on any atom is -0.308 e. The van der Waals surface area contributed by atoms with Crippen molar-refractivity contribution in [3.63, 3.8) is 0 Å². The normalized spacial score (nSPS) is 12.5. The topological polar surface area (TPSA) is 9.86 Å². The van der Waals surface area contributed by atoms with Crippen LogP contribution in [-0.4, -0.2) is 9.13 Å². The second-order valence-corrected chi connectivity index (χ2v) is 14.2. The number of nitrogens with zero attached hydrogens (tertiary/aromatic N) is 2. The molecule has 1 aliphatic rings. The van der Waals surface area contributed by atoms with Crippen LogP contribution in [-0.2, 0) is 0 Å². The van der Waals surface area contributed by atoms with Gasteiger partial charge in [-0.25, -0.2) is 0 Å². The van der Waals surface area contributed by atoms with E-state index in [2.05, 4.69) is 167 Å². The Morgan fingerprint density at radius 2 is 0.918 bits per heavy atom. The summed E-state index contributed by atoms with van der Waals surface area (Å²) >= 11 is 1.92. The molecule has 0 N–H and O–H groups in total. The van der Waals surface area contributed by atoms with Gasteiger partial charge in [0.2, 0.25) is 0 Å². The highest BCUT2D eigenvalue weighted by Gasteiger charge is 2.28. The van der Waals surface area contributed by atoms with E-state index in [-0.39, 0.29) is 0 Å². The van der Waals surface area contributed by atoms with Crippen LogP contribution in [0.3, 0.4) is 0 Å². The largest absolute Gasteiger partial charge is 0.308 e. The summed E-state index contributed by atoms with van der Waals surface area (Å²) in [5.74, 6) is 0. The second kappa shape index (κ2) is 9.25. The molecule has 0 unspecified atom stereocenters. The molecular formula is C46H26N2S. The predicted octanol–water partition coefficient (Wildman–Crippen LogP) is 13.0. The SMILES string of the molecule is c1ccc(-n2c3ccccc3c3c4c5ccccc5n(-c5ccc6c7c(cccc57)-c5ccccc5-6)c4c4c5ccccc5sc4c32)cc1. The van der Waals surface area contributed by atoms with Crippen LogP contribution in [0.25, 0.3) is 108 Å². The van der Waals surface area contributed by atoms with Crippen LogP contribution in [0, 0.1) is 0 Å². The molecule has 0 bridgehead atoms. The molecule has 0 atom stereocenters. The van der Waals surface area contributed by atoms with Gasteiger partial charge in [0.15, 0.2) is 0 Å². The number of hydrogen-bond donors (Lipinski definition) is 0. The van der Waals surface area contributed by atoms with E-state index in [1.165, 1.54) is 108 Å². The van der Waals surface area contributed by atoms with E-state index in [1.807, 2.05) is 11.3 Å². The monoisotopic (exact) mass is 638 g/mol. The van der Waals surface area contributed by atoms with Gasteiger partial charge in [-0.05, 0) is 64.0 Å². The van der Waals surface area contributed by atoms with Crippen LogP contribution in [0.2, 0.25) is 0 Å². The summed E-state index contributed by atoms with van der Waals surface area (Å²) in [6.07, 6.45) is 0. The summed E-state index contributed by atoms with van der Waals surface area (Å²) in [5.41, 5.74) is 12.7. The van der Waals surface area contributed by atoms with Crippen molar-refractivity contribution in [1.29, 1.82) is 0 Å². The van der Waals surface area contributed by atoms with Gasteiger partial charge in [0.1, 0.15) is 0 Å². The van der Waals surface area contributed by atoms with E-state index in [0.717, 1.165) is 0 Å². The average Bonchev–Trinajstić information content (AvgIpc) is 3.90. The maximum atomic E-state index is 2.59. The molecule has 0 aliphatic heterocycles. The van der Waals surface area contributed by atoms with Crippen LogP contribution in [0.5, 0.6) is 0 Å². The summed E-state index contributed by atoms with van der Waals surface area (Å²) in [4.78, 5) is 0. The molecule has 0 spiro atoms. The lowest BCUT2D eigenvalue weighted by atomic mass is 10.0. The van der Waals surface area contributed by atoms with Crippen LogP contribution in [0.1, 0.15) is 0 Å². The van der Waals surface area contributed by atoms with E-state index >= 15 is 0 Å². The summed E-state index contributed by atoms with van der Waals surface area (Å²) < 4.78 is 7.73. The van der Waals surface area contributed by atoms with E-state index in [1.54, 1.807) is 0 Å². The van der Waals surface area contributed by atoms with Gasteiger partial charge >= 0.3 is 0 Å². The molecule has 0 saturated heterocycles. The molecule has 226 valence electrons. The van der Waals surface area contributed by atoms with Crippen molar-refractivity contribution < 1.29 is 0 Å². The van der Waals surface area contributed by atoms with Gasteiger partial charge in [0, 0.05) is 48.1 Å². The van der Waals surface area contributed by atoms with Crippen molar-refractivity contribution in [2.75, 3.05) is 0 Å². The highest BCUT2D eigenvalue weighted by Crippen LogP contribution is 2.53. The van der Waals surface area contributed by atoms with Gasteiger partial charge in [0.05, 0.1) is 32.5 Å². The Hall–Kier alpha value is -6.16. The first-order valence-corrected chi connectivity index (χ1v) is 17.7. The Balaban J connectivity index is 1.37. The van der Waals surface area contributed by atoms with E-state index in [0.29, 0.717) is 0 Å². The van der Waals surface area contributed by atoms with Crippen molar-refractivity contribution in [3.05, 3.63) is 158 Å². The van der Waals surface area contributed by atoms with Crippen molar-refractivity contribution in [2.45, 2.75) is 0 Å². The molecule has 49 heavy (non-hydrogen) atoms. The number of thiophene rings is 1. The molecule has 8 aromatic carbocycles. The highest BCUT2D eigenvalue weighted by molar-refractivity contribution is 7.27. The van der Waals surface area contributed by atoms with E-state index in [9.17, 15) is 0 Å². The van der Waals surface area contributed by atoms with Gasteiger partial charge in [0.25, 0.3) is 0 Å². The fraction of sp³-hybridized carbons (Fsp3) is 0. The summed E-state index contributed by atoms with van der Waals surface area (Å²) in [6, 6.07) is 58.3. The van der Waals surface area contributed by atoms with Gasteiger partial charge in [-0.2, -0.15) is 0 Å². The lowest BCUT2D eigenvalue weighted by Crippen LogP contribution is -1.97. The molecule has 0 radical (unpaired) electrons. The quantitative estimate of drug-likeness (QED) is 0.178. The molecule has 3 aromatic heterocycles. The Kier molecular flexibility index (Phi) is 4.89. The first-order valence-electron chi connectivity index (χ1n) is 16.9. The smallest absolute Gasteiger partial charge is 0.0727 e. The van der Waals surface area contributed by atoms with E-state index in [4.69, 9.17) is 0 Å². The Bertz CT molecular complexity index is 3180. The first kappa shape index (κ1) is 25.9. The summed E-state index contributed by atoms with van der Waals surface area (Å²) in [5, 5.41) is 10.5. The fourth-order valence-electron chi connectivity index (χ4n) is 8.97. The van der Waals surface area contributed by atoms with Crippen molar-refractivity contribution in [3.8, 4) is 33.6 Å². The van der Waals surface area contributed by atoms with Crippen LogP contribution in [0.4, 0.5) is 0 Å². The number of rotatable bonds is 2. The van der Waals surface area contributed by atoms with Crippen molar-refractivity contribution >= 4 is 85.9 Å². The third kappa shape index (κ3) is 3.17. The van der Waals surface area contributed by atoms with Gasteiger partial charge < -0.3 is 9.13 Å². The Morgan fingerprint density at radius 1 is 0.347 bits per heavy atom. The van der Waals surface area contributed by atoms with Gasteiger partial charge in [-0.15, -0.1) is 11.3 Å². The molecule has 12 rings (SSSR count). The molecule has 0 saturated carbocycles. The standard InChI is InChI=1S/C46H26N2S/c1-2-13-27(14-3-1)47-36-22-9-6-17-33(36)42-41-34-18-7-10-23-37(34)48(44(41)43-35-19-8-11-24-39(35)49-46(43)45(42)47)38-26-25-31-29-16-5-4-15-28(29)30-20-12-21-32(38)40(30)31/h1-26H. The molecule has 11 aromatic rings. The molecular weight excluding hydrogens is 613 g/mol. The Labute approximate surface area is 285 Å². The number of para-hydroxylation sites is 3. The van der Waals surface area contributed by atoms with Crippen LogP contribution in [0.15, 0.2) is 158 Å². The molecule has 3 heteroatoms. The number of benzene rings is 8. The zero-order valence-electron chi connectivity index (χ0n) is 26.3. The lowest BCUT2D eigenvalue weighted by molar-refractivity contribution is 1.19. The number of aromatic nitrogens is 2. The zero-order valence-corrected chi connectivity index (χ0v) is 27.1. The van der Waals surface area contributed by atoms with E-state index < -0.39 is 0 Å². The predicted molar refractivity (Wildman–Crippen MR) is 210 cm³/mol. The zero-order chi connectivity index (χ0) is 31.8. The van der Waals surface area contributed by atoms with Crippen molar-refractivity contribution in [1.82, 2.24) is 9.13 Å². The molecule has 3 heterocycles. The molecule has 0 fully saturated rings. The third-order valence-corrected chi connectivity index (χ3v) is 12.0. The minimum atomic E-state index is 1.18. The van der Waals surface area contributed by atoms with Crippen LogP contribution >= 0.6 is 11.3 Å². The summed E-state index contributed by atoms with van der Waals surface area (Å²) in [7, 11) is 0. The lowest BCUT2D eigenvalue weighted by Gasteiger charge is -2.15. The maximum absolute atomic E-state index is 2.59. The molecule has 0 amide bonds. The van der Waals surface area contributed by atoms with Gasteiger partial charge in [-0.3, -0.25) is 0 Å². The average molecular weight is 639 g/mol. The Morgan fingerprint density at radius 3 is 1.69 bits per heavy atom.